The van der Waals surface area contributed by atoms with Gasteiger partial charge in [-0.1, -0.05) is 23.4 Å². The zero-order chi connectivity index (χ0) is 15.1. The van der Waals surface area contributed by atoms with Crippen LogP contribution in [0.3, 0.4) is 0 Å². The van der Waals surface area contributed by atoms with Gasteiger partial charge >= 0.3 is 0 Å². The lowest BCUT2D eigenvalue weighted by Crippen LogP contribution is -2.11. The van der Waals surface area contributed by atoms with E-state index in [4.69, 9.17) is 5.21 Å². The molecule has 110 valence electrons. The highest BCUT2D eigenvalue weighted by Gasteiger charge is 2.05. The normalized spacial score (nSPS) is 11.4. The van der Waals surface area contributed by atoms with E-state index >= 15 is 0 Å². The van der Waals surface area contributed by atoms with E-state index in [0.717, 1.165) is 24.1 Å². The molecule has 4 nitrogen and oxygen atoms in total. The van der Waals surface area contributed by atoms with Crippen LogP contribution in [0.2, 0.25) is 0 Å². The van der Waals surface area contributed by atoms with Crippen LogP contribution in [0.25, 0.3) is 0 Å². The molecular formula is C16H18N2O2S. The van der Waals surface area contributed by atoms with E-state index in [0.29, 0.717) is 12.1 Å². The summed E-state index contributed by atoms with van der Waals surface area (Å²) in [6.45, 7) is 1.71. The van der Waals surface area contributed by atoms with Gasteiger partial charge in [-0.15, -0.1) is 11.3 Å². The zero-order valence-electron chi connectivity index (χ0n) is 11.9. The molecular weight excluding hydrogens is 284 g/mol. The van der Waals surface area contributed by atoms with Crippen LogP contribution in [0, 0.1) is 0 Å². The summed E-state index contributed by atoms with van der Waals surface area (Å²) in [5.74, 6) is 0.00213. The number of oxime groups is 1. The van der Waals surface area contributed by atoms with Crippen LogP contribution in [-0.2, 0) is 11.2 Å². The molecule has 2 N–H and O–H groups in total. The van der Waals surface area contributed by atoms with Gasteiger partial charge in [-0.25, -0.2) is 0 Å². The van der Waals surface area contributed by atoms with Crippen molar-refractivity contribution in [1.82, 2.24) is 0 Å². The number of nitrogens with zero attached hydrogens (tertiary/aromatic N) is 1. The second-order valence-electron chi connectivity index (χ2n) is 4.75. The summed E-state index contributed by atoms with van der Waals surface area (Å²) in [5.41, 5.74) is 2.02. The summed E-state index contributed by atoms with van der Waals surface area (Å²) in [5, 5.41) is 16.8. The van der Waals surface area contributed by atoms with Crippen LogP contribution in [0.15, 0.2) is 46.9 Å². The molecule has 0 aliphatic heterocycles. The first-order chi connectivity index (χ1) is 10.2. The SMILES string of the molecule is C/C(=N\O)c1cccc(NC(=O)CCCc2cccs2)c1. The highest BCUT2D eigenvalue weighted by atomic mass is 32.1. The third-order valence-electron chi connectivity index (χ3n) is 3.12. The molecule has 1 aromatic heterocycles. The molecule has 0 unspecified atom stereocenters. The molecule has 0 radical (unpaired) electrons. The van der Waals surface area contributed by atoms with Gasteiger partial charge in [0.25, 0.3) is 0 Å². The maximum absolute atomic E-state index is 11.9. The van der Waals surface area contributed by atoms with E-state index in [1.165, 1.54) is 4.88 Å². The number of aryl methyl sites for hydroxylation is 1. The van der Waals surface area contributed by atoms with Crippen molar-refractivity contribution in [3.05, 3.63) is 52.2 Å². The Bertz CT molecular complexity index is 621. The van der Waals surface area contributed by atoms with E-state index < -0.39 is 0 Å². The Morgan fingerprint density at radius 1 is 1.33 bits per heavy atom. The van der Waals surface area contributed by atoms with Crippen LogP contribution >= 0.6 is 11.3 Å². The van der Waals surface area contributed by atoms with E-state index in [1.54, 1.807) is 24.3 Å². The molecule has 1 aromatic carbocycles. The van der Waals surface area contributed by atoms with Crippen LogP contribution in [0.1, 0.15) is 30.2 Å². The number of hydrogen-bond donors (Lipinski definition) is 2. The minimum atomic E-state index is 0.00213. The predicted octanol–water partition coefficient (Wildman–Crippen LogP) is 3.91. The number of benzene rings is 1. The minimum absolute atomic E-state index is 0.00213. The van der Waals surface area contributed by atoms with Crippen LogP contribution in [0.4, 0.5) is 5.69 Å². The smallest absolute Gasteiger partial charge is 0.224 e. The van der Waals surface area contributed by atoms with E-state index in [9.17, 15) is 4.79 Å². The van der Waals surface area contributed by atoms with Gasteiger partial charge in [-0.05, 0) is 43.3 Å². The molecule has 0 aliphatic carbocycles. The largest absolute Gasteiger partial charge is 0.411 e. The molecule has 5 heteroatoms. The van der Waals surface area contributed by atoms with Crippen molar-refractivity contribution < 1.29 is 10.0 Å². The fraction of sp³-hybridized carbons (Fsp3) is 0.250. The molecule has 0 spiro atoms. The Morgan fingerprint density at radius 2 is 2.19 bits per heavy atom. The average Bonchev–Trinajstić information content (AvgIpc) is 3.00. The molecule has 0 aliphatic rings. The number of carbonyl (C=O) groups excluding carboxylic acids is 1. The van der Waals surface area contributed by atoms with Crippen molar-refractivity contribution in [2.75, 3.05) is 5.32 Å². The van der Waals surface area contributed by atoms with Crippen molar-refractivity contribution in [3.8, 4) is 0 Å². The number of carbonyl (C=O) groups is 1. The quantitative estimate of drug-likeness (QED) is 0.483. The van der Waals surface area contributed by atoms with Gasteiger partial charge < -0.3 is 10.5 Å². The van der Waals surface area contributed by atoms with E-state index in [1.807, 2.05) is 29.6 Å². The van der Waals surface area contributed by atoms with Gasteiger partial charge in [0.15, 0.2) is 0 Å². The summed E-state index contributed by atoms with van der Waals surface area (Å²) < 4.78 is 0. The number of hydrogen-bond acceptors (Lipinski definition) is 4. The molecule has 2 aromatic rings. The first-order valence-corrected chi connectivity index (χ1v) is 7.68. The Labute approximate surface area is 128 Å². The van der Waals surface area contributed by atoms with Crippen LogP contribution in [0.5, 0.6) is 0 Å². The highest BCUT2D eigenvalue weighted by Crippen LogP contribution is 2.14. The fourth-order valence-electron chi connectivity index (χ4n) is 1.98. The van der Waals surface area contributed by atoms with Crippen LogP contribution < -0.4 is 5.32 Å². The average molecular weight is 302 g/mol. The maximum Gasteiger partial charge on any atom is 0.224 e. The molecule has 0 saturated carbocycles. The lowest BCUT2D eigenvalue weighted by Gasteiger charge is -2.07. The first-order valence-electron chi connectivity index (χ1n) is 6.80. The Morgan fingerprint density at radius 3 is 2.90 bits per heavy atom. The number of rotatable bonds is 6. The summed E-state index contributed by atoms with van der Waals surface area (Å²) in [4.78, 5) is 13.2. The summed E-state index contributed by atoms with van der Waals surface area (Å²) in [6.07, 6.45) is 2.26. The Kier molecular flexibility index (Phi) is 5.51. The summed E-state index contributed by atoms with van der Waals surface area (Å²) >= 11 is 1.72. The summed E-state index contributed by atoms with van der Waals surface area (Å²) in [7, 11) is 0. The molecule has 2 rings (SSSR count). The predicted molar refractivity (Wildman–Crippen MR) is 86.3 cm³/mol. The zero-order valence-corrected chi connectivity index (χ0v) is 12.7. The molecule has 0 saturated heterocycles. The number of nitrogens with one attached hydrogen (secondary N) is 1. The Hall–Kier alpha value is -2.14. The van der Waals surface area contributed by atoms with Gasteiger partial charge in [0.05, 0.1) is 5.71 Å². The Balaban J connectivity index is 1.85. The maximum atomic E-state index is 11.9. The highest BCUT2D eigenvalue weighted by molar-refractivity contribution is 7.09. The number of thiophene rings is 1. The van der Waals surface area contributed by atoms with Gasteiger partial charge in [-0.2, -0.15) is 0 Å². The van der Waals surface area contributed by atoms with Gasteiger partial charge in [0, 0.05) is 22.5 Å². The first kappa shape index (κ1) is 15.3. The molecule has 1 heterocycles. The monoisotopic (exact) mass is 302 g/mol. The third-order valence-corrected chi connectivity index (χ3v) is 4.06. The van der Waals surface area contributed by atoms with Crippen molar-refractivity contribution in [2.45, 2.75) is 26.2 Å². The van der Waals surface area contributed by atoms with Crippen LogP contribution in [-0.4, -0.2) is 16.8 Å². The molecule has 21 heavy (non-hydrogen) atoms. The molecule has 0 fully saturated rings. The lowest BCUT2D eigenvalue weighted by molar-refractivity contribution is -0.116. The van der Waals surface area contributed by atoms with E-state index in [2.05, 4.69) is 16.5 Å². The second-order valence-corrected chi connectivity index (χ2v) is 5.78. The topological polar surface area (TPSA) is 61.7 Å². The van der Waals surface area contributed by atoms with Crippen molar-refractivity contribution in [1.29, 1.82) is 0 Å². The minimum Gasteiger partial charge on any atom is -0.411 e. The second kappa shape index (κ2) is 7.59. The van der Waals surface area contributed by atoms with Crippen molar-refractivity contribution in [3.63, 3.8) is 0 Å². The fourth-order valence-corrected chi connectivity index (χ4v) is 2.73. The molecule has 0 atom stereocenters. The summed E-state index contributed by atoms with van der Waals surface area (Å²) in [6, 6.07) is 11.4. The van der Waals surface area contributed by atoms with Gasteiger partial charge in [0.2, 0.25) is 5.91 Å². The van der Waals surface area contributed by atoms with Gasteiger partial charge in [-0.3, -0.25) is 4.79 Å². The number of anilines is 1. The number of amides is 1. The standard InChI is InChI=1S/C16H18N2O2S/c1-12(18-20)13-5-2-6-14(11-13)17-16(19)9-3-7-15-8-4-10-21-15/h2,4-6,8,10-11,20H,3,7,9H2,1H3,(H,17,19)/b18-12+. The van der Waals surface area contributed by atoms with Gasteiger partial charge in [0.1, 0.15) is 0 Å². The van der Waals surface area contributed by atoms with E-state index in [-0.39, 0.29) is 5.91 Å². The van der Waals surface area contributed by atoms with Crippen molar-refractivity contribution in [2.24, 2.45) is 5.16 Å². The van der Waals surface area contributed by atoms with Crippen molar-refractivity contribution >= 4 is 28.6 Å². The molecule has 1 amide bonds. The molecule has 0 bridgehead atoms. The lowest BCUT2D eigenvalue weighted by atomic mass is 10.1. The third kappa shape index (κ3) is 4.72.